The molecule has 0 fully saturated rings. The molecule has 0 radical (unpaired) electrons. The lowest BCUT2D eigenvalue weighted by Crippen LogP contribution is -1.92. The van der Waals surface area contributed by atoms with Crippen molar-refractivity contribution >= 4 is 18.7 Å². The number of rotatable bonds is 3. The Morgan fingerprint density at radius 1 is 1.46 bits per heavy atom. The summed E-state index contributed by atoms with van der Waals surface area (Å²) in [7, 11) is 0. The largest absolute Gasteiger partial charge is 0.392 e. The Morgan fingerprint density at radius 3 is 2.85 bits per heavy atom. The monoisotopic (exact) mass is 198 g/mol. The van der Waals surface area contributed by atoms with Crippen molar-refractivity contribution in [3.05, 3.63) is 41.2 Å². The van der Waals surface area contributed by atoms with Crippen LogP contribution in [0.3, 0.4) is 0 Å². The predicted octanol–water partition coefficient (Wildman–Crippen LogP) is 2.26. The van der Waals surface area contributed by atoms with Crippen LogP contribution in [0.25, 0.3) is 6.08 Å². The van der Waals surface area contributed by atoms with E-state index in [1.54, 1.807) is 30.4 Å². The topological polar surface area (TPSA) is 20.2 Å². The molecule has 70 valence electrons. The third kappa shape index (κ3) is 2.57. The quantitative estimate of drug-likeness (QED) is 0.714. The lowest BCUT2D eigenvalue weighted by Gasteiger charge is -2.01. The fourth-order valence-electron chi connectivity index (χ4n) is 1.03. The van der Waals surface area contributed by atoms with Gasteiger partial charge in [-0.3, -0.25) is 0 Å². The second-order valence-corrected chi connectivity index (χ2v) is 2.93. The summed E-state index contributed by atoms with van der Waals surface area (Å²) in [5.41, 5.74) is 0.807. The van der Waals surface area contributed by atoms with E-state index in [2.05, 4.69) is 12.6 Å². The van der Waals surface area contributed by atoms with Gasteiger partial charge in [0.1, 0.15) is 5.82 Å². The van der Waals surface area contributed by atoms with Crippen LogP contribution in [0.1, 0.15) is 11.1 Å². The highest BCUT2D eigenvalue weighted by molar-refractivity contribution is 7.80. The van der Waals surface area contributed by atoms with Crippen LogP contribution in [0.15, 0.2) is 24.3 Å². The minimum Gasteiger partial charge on any atom is -0.392 e. The Kier molecular flexibility index (Phi) is 3.99. The smallest absolute Gasteiger partial charge is 0.135 e. The number of hydrogen-bond acceptors (Lipinski definition) is 2. The van der Waals surface area contributed by atoms with E-state index in [-0.39, 0.29) is 12.4 Å². The first-order valence-electron chi connectivity index (χ1n) is 3.95. The van der Waals surface area contributed by atoms with E-state index in [1.165, 1.54) is 0 Å². The number of halogens is 1. The molecule has 0 heterocycles. The lowest BCUT2D eigenvalue weighted by atomic mass is 10.1. The minimum absolute atomic E-state index is 0.269. The molecule has 3 heteroatoms. The van der Waals surface area contributed by atoms with E-state index in [0.29, 0.717) is 16.9 Å². The molecule has 1 nitrogen and oxygen atoms in total. The van der Waals surface area contributed by atoms with Gasteiger partial charge in [-0.25, -0.2) is 4.39 Å². The second kappa shape index (κ2) is 5.04. The van der Waals surface area contributed by atoms with Gasteiger partial charge in [0.05, 0.1) is 6.61 Å². The van der Waals surface area contributed by atoms with Gasteiger partial charge in [0.15, 0.2) is 0 Å². The number of benzene rings is 1. The molecular weight excluding hydrogens is 187 g/mol. The molecule has 0 saturated carbocycles. The van der Waals surface area contributed by atoms with Crippen molar-refractivity contribution in [2.45, 2.75) is 6.61 Å². The van der Waals surface area contributed by atoms with E-state index < -0.39 is 0 Å². The maximum Gasteiger partial charge on any atom is 0.135 e. The first-order valence-corrected chi connectivity index (χ1v) is 4.58. The van der Waals surface area contributed by atoms with Crippen molar-refractivity contribution in [1.29, 1.82) is 0 Å². The normalized spacial score (nSPS) is 11.0. The van der Waals surface area contributed by atoms with Crippen molar-refractivity contribution < 1.29 is 9.50 Å². The molecule has 0 bridgehead atoms. The number of aliphatic hydroxyl groups is 1. The SMILES string of the molecule is OCc1cccc(C=CCS)c1F. The van der Waals surface area contributed by atoms with Gasteiger partial charge in [-0.15, -0.1) is 0 Å². The summed E-state index contributed by atoms with van der Waals surface area (Å²) in [5.74, 6) is 0.214. The van der Waals surface area contributed by atoms with Gasteiger partial charge in [-0.2, -0.15) is 12.6 Å². The minimum atomic E-state index is -0.358. The standard InChI is InChI=1S/C10H11FOS/c11-10-8(5-2-6-13)3-1-4-9(10)7-12/h1-5,12-13H,6-7H2. The van der Waals surface area contributed by atoms with E-state index in [0.717, 1.165) is 0 Å². The summed E-state index contributed by atoms with van der Waals surface area (Å²) in [5, 5.41) is 8.79. The molecule has 0 atom stereocenters. The molecule has 1 aromatic rings. The Balaban J connectivity index is 3.01. The molecule has 0 aliphatic rings. The predicted molar refractivity (Wildman–Crippen MR) is 55.2 cm³/mol. The molecule has 0 amide bonds. The van der Waals surface area contributed by atoms with Gasteiger partial charge in [-0.05, 0) is 0 Å². The second-order valence-electron chi connectivity index (χ2n) is 2.56. The molecule has 0 aromatic heterocycles. The van der Waals surface area contributed by atoms with Crippen molar-refractivity contribution in [3.8, 4) is 0 Å². The number of hydrogen-bond donors (Lipinski definition) is 2. The Morgan fingerprint density at radius 2 is 2.23 bits per heavy atom. The lowest BCUT2D eigenvalue weighted by molar-refractivity contribution is 0.275. The molecule has 0 saturated heterocycles. The van der Waals surface area contributed by atoms with Crippen LogP contribution >= 0.6 is 12.6 Å². The van der Waals surface area contributed by atoms with E-state index in [1.807, 2.05) is 0 Å². The summed E-state index contributed by atoms with van der Waals surface area (Å²) < 4.78 is 13.4. The van der Waals surface area contributed by atoms with E-state index >= 15 is 0 Å². The van der Waals surface area contributed by atoms with Crippen LogP contribution in [0, 0.1) is 5.82 Å². The van der Waals surface area contributed by atoms with Gasteiger partial charge in [0, 0.05) is 16.9 Å². The molecule has 1 rings (SSSR count). The molecule has 0 unspecified atom stereocenters. The first kappa shape index (κ1) is 10.3. The Bertz CT molecular complexity index is 310. The Labute approximate surface area is 82.3 Å². The summed E-state index contributed by atoms with van der Waals surface area (Å²) in [4.78, 5) is 0. The third-order valence-electron chi connectivity index (χ3n) is 1.68. The van der Waals surface area contributed by atoms with Gasteiger partial charge in [0.25, 0.3) is 0 Å². The van der Waals surface area contributed by atoms with Crippen LogP contribution in [-0.4, -0.2) is 10.9 Å². The third-order valence-corrected chi connectivity index (χ3v) is 1.89. The summed E-state index contributed by atoms with van der Waals surface area (Å²) in [6.07, 6.45) is 3.41. The molecule has 1 aromatic carbocycles. The Hall–Kier alpha value is -0.800. The van der Waals surface area contributed by atoms with E-state index in [4.69, 9.17) is 5.11 Å². The van der Waals surface area contributed by atoms with Crippen molar-refractivity contribution in [3.63, 3.8) is 0 Å². The van der Waals surface area contributed by atoms with Gasteiger partial charge in [-0.1, -0.05) is 30.4 Å². The molecule has 0 aliphatic carbocycles. The highest BCUT2D eigenvalue weighted by atomic mass is 32.1. The van der Waals surface area contributed by atoms with Crippen LogP contribution in [0.5, 0.6) is 0 Å². The van der Waals surface area contributed by atoms with Crippen LogP contribution in [-0.2, 0) is 6.61 Å². The number of aliphatic hydroxyl groups excluding tert-OH is 1. The van der Waals surface area contributed by atoms with Crippen molar-refractivity contribution in [2.75, 3.05) is 5.75 Å². The molecule has 0 aliphatic heterocycles. The molecular formula is C10H11FOS. The highest BCUT2D eigenvalue weighted by Crippen LogP contribution is 2.14. The fraction of sp³-hybridized carbons (Fsp3) is 0.200. The highest BCUT2D eigenvalue weighted by Gasteiger charge is 2.03. The summed E-state index contributed by atoms with van der Waals surface area (Å²) >= 11 is 3.98. The van der Waals surface area contributed by atoms with Crippen LogP contribution in [0.4, 0.5) is 4.39 Å². The fourth-order valence-corrected chi connectivity index (χ4v) is 1.14. The summed E-state index contributed by atoms with van der Waals surface area (Å²) in [6, 6.07) is 4.94. The van der Waals surface area contributed by atoms with Crippen molar-refractivity contribution in [1.82, 2.24) is 0 Å². The molecule has 1 N–H and O–H groups in total. The maximum absolute atomic E-state index is 13.4. The van der Waals surface area contributed by atoms with Gasteiger partial charge >= 0.3 is 0 Å². The van der Waals surface area contributed by atoms with E-state index in [9.17, 15) is 4.39 Å². The summed E-state index contributed by atoms with van der Waals surface area (Å²) in [6.45, 7) is -0.269. The van der Waals surface area contributed by atoms with Crippen LogP contribution < -0.4 is 0 Å². The zero-order valence-corrected chi connectivity index (χ0v) is 7.97. The molecule has 0 spiro atoms. The van der Waals surface area contributed by atoms with Crippen LogP contribution in [0.2, 0.25) is 0 Å². The van der Waals surface area contributed by atoms with Crippen molar-refractivity contribution in [2.24, 2.45) is 0 Å². The first-order chi connectivity index (χ1) is 6.29. The average molecular weight is 198 g/mol. The van der Waals surface area contributed by atoms with Gasteiger partial charge < -0.3 is 5.11 Å². The molecule has 13 heavy (non-hydrogen) atoms. The zero-order chi connectivity index (χ0) is 9.68. The number of thiol groups is 1. The maximum atomic E-state index is 13.4. The van der Waals surface area contributed by atoms with Gasteiger partial charge in [0.2, 0.25) is 0 Å². The average Bonchev–Trinajstić information content (AvgIpc) is 2.16. The zero-order valence-electron chi connectivity index (χ0n) is 7.07.